The highest BCUT2D eigenvalue weighted by Crippen LogP contribution is 2.37. The average Bonchev–Trinajstić information content (AvgIpc) is 1.91. The Bertz CT molecular complexity index is 304. The van der Waals surface area contributed by atoms with Crippen LogP contribution in [0.2, 0.25) is 0 Å². The summed E-state index contributed by atoms with van der Waals surface area (Å²) in [6, 6.07) is 4.36. The number of rotatable bonds is 2. The molecule has 0 aromatic heterocycles. The minimum Gasteiger partial charge on any atom is -0.404 e. The van der Waals surface area contributed by atoms with E-state index in [1.807, 2.05) is 0 Å². The summed E-state index contributed by atoms with van der Waals surface area (Å²) in [5, 5.41) is 0. The lowest BCUT2D eigenvalue weighted by Crippen LogP contribution is -1.89. The molecule has 2 N–H and O–H groups in total. The lowest BCUT2D eigenvalue weighted by Gasteiger charge is -2.05. The summed E-state index contributed by atoms with van der Waals surface area (Å²) >= 11 is 0. The molecular formula is C6H6FO4P. The van der Waals surface area contributed by atoms with Gasteiger partial charge in [0.05, 0.1) is 0 Å². The molecule has 1 aromatic carbocycles. The van der Waals surface area contributed by atoms with Crippen LogP contribution in [0.1, 0.15) is 0 Å². The summed E-state index contributed by atoms with van der Waals surface area (Å²) in [5.74, 6) is -0.558. The lowest BCUT2D eigenvalue weighted by molar-refractivity contribution is 0.283. The van der Waals surface area contributed by atoms with Crippen LogP contribution >= 0.6 is 7.82 Å². The molecule has 0 saturated heterocycles. The van der Waals surface area contributed by atoms with Gasteiger partial charge in [-0.15, -0.1) is 0 Å². The molecule has 0 saturated carbocycles. The largest absolute Gasteiger partial charge is 0.524 e. The van der Waals surface area contributed by atoms with Crippen molar-refractivity contribution in [3.8, 4) is 5.75 Å². The van der Waals surface area contributed by atoms with Crippen molar-refractivity contribution < 1.29 is 23.3 Å². The smallest absolute Gasteiger partial charge is 0.404 e. The van der Waals surface area contributed by atoms with E-state index in [4.69, 9.17) is 9.79 Å². The fourth-order valence-electron chi connectivity index (χ4n) is 0.633. The topological polar surface area (TPSA) is 66.8 Å². The number of halogens is 1. The molecule has 0 radical (unpaired) electrons. The molecule has 0 bridgehead atoms. The number of hydrogen-bond donors (Lipinski definition) is 2. The molecule has 0 heterocycles. The molecule has 1 rings (SSSR count). The van der Waals surface area contributed by atoms with Crippen molar-refractivity contribution in [1.82, 2.24) is 0 Å². The van der Waals surface area contributed by atoms with E-state index in [9.17, 15) is 8.96 Å². The Morgan fingerprint density at radius 1 is 1.25 bits per heavy atom. The molecule has 0 atom stereocenters. The van der Waals surface area contributed by atoms with Gasteiger partial charge in [0.25, 0.3) is 0 Å². The Labute approximate surface area is 67.8 Å². The summed E-state index contributed by atoms with van der Waals surface area (Å²) in [6.07, 6.45) is 0. The normalized spacial score (nSPS) is 11.2. The molecule has 0 spiro atoms. The molecule has 66 valence electrons. The fourth-order valence-corrected chi connectivity index (χ4v) is 1.03. The van der Waals surface area contributed by atoms with E-state index in [1.165, 1.54) is 0 Å². The minimum atomic E-state index is -4.53. The molecule has 0 aliphatic rings. The van der Waals surface area contributed by atoms with E-state index in [0.717, 1.165) is 24.3 Å². The van der Waals surface area contributed by atoms with E-state index in [-0.39, 0.29) is 5.75 Å². The van der Waals surface area contributed by atoms with Gasteiger partial charge in [0.2, 0.25) is 0 Å². The van der Waals surface area contributed by atoms with Gasteiger partial charge in [0.1, 0.15) is 11.6 Å². The zero-order valence-corrected chi connectivity index (χ0v) is 6.74. The van der Waals surface area contributed by atoms with E-state index in [1.54, 1.807) is 0 Å². The van der Waals surface area contributed by atoms with Crippen LogP contribution in [-0.4, -0.2) is 9.79 Å². The van der Waals surface area contributed by atoms with Gasteiger partial charge in [-0.2, -0.15) is 0 Å². The van der Waals surface area contributed by atoms with Crippen LogP contribution in [0.4, 0.5) is 4.39 Å². The van der Waals surface area contributed by atoms with E-state index < -0.39 is 13.6 Å². The first-order valence-corrected chi connectivity index (χ1v) is 4.51. The molecule has 4 nitrogen and oxygen atoms in total. The number of benzene rings is 1. The zero-order chi connectivity index (χ0) is 9.19. The molecule has 0 aliphatic carbocycles. The second-order valence-corrected chi connectivity index (χ2v) is 3.20. The Kier molecular flexibility index (Phi) is 2.47. The van der Waals surface area contributed by atoms with Crippen molar-refractivity contribution in [1.29, 1.82) is 0 Å². The number of phosphoric acid groups is 1. The molecule has 12 heavy (non-hydrogen) atoms. The maximum absolute atomic E-state index is 12.3. The third kappa shape index (κ3) is 3.00. The van der Waals surface area contributed by atoms with Crippen LogP contribution < -0.4 is 4.52 Å². The second kappa shape index (κ2) is 3.23. The van der Waals surface area contributed by atoms with Crippen LogP contribution in [0.15, 0.2) is 24.3 Å². The summed E-state index contributed by atoms with van der Waals surface area (Å²) in [6.45, 7) is 0. The first-order chi connectivity index (χ1) is 5.47. The van der Waals surface area contributed by atoms with Crippen LogP contribution in [0.3, 0.4) is 0 Å². The Morgan fingerprint density at radius 3 is 2.17 bits per heavy atom. The molecule has 0 aliphatic heterocycles. The van der Waals surface area contributed by atoms with E-state index >= 15 is 0 Å². The van der Waals surface area contributed by atoms with Crippen molar-refractivity contribution in [3.05, 3.63) is 30.1 Å². The molecule has 6 heteroatoms. The first-order valence-electron chi connectivity index (χ1n) is 2.98. The van der Waals surface area contributed by atoms with E-state index in [0.29, 0.717) is 0 Å². The second-order valence-electron chi connectivity index (χ2n) is 2.04. The highest BCUT2D eigenvalue weighted by Gasteiger charge is 2.15. The van der Waals surface area contributed by atoms with Crippen LogP contribution in [0.5, 0.6) is 5.75 Å². The maximum atomic E-state index is 12.3. The number of hydrogen-bond acceptors (Lipinski definition) is 2. The highest BCUT2D eigenvalue weighted by molar-refractivity contribution is 7.46. The summed E-state index contributed by atoms with van der Waals surface area (Å²) < 4.78 is 26.7. The van der Waals surface area contributed by atoms with Gasteiger partial charge in [0.15, 0.2) is 0 Å². The summed E-state index contributed by atoms with van der Waals surface area (Å²) in [5.41, 5.74) is 0. The van der Waals surface area contributed by atoms with Crippen molar-refractivity contribution >= 4 is 7.82 Å². The Hall–Kier alpha value is -0.900. The third-order valence-electron chi connectivity index (χ3n) is 1.04. The van der Waals surface area contributed by atoms with E-state index in [2.05, 4.69) is 4.52 Å². The van der Waals surface area contributed by atoms with Gasteiger partial charge >= 0.3 is 7.82 Å². The van der Waals surface area contributed by atoms with Gasteiger partial charge in [0, 0.05) is 0 Å². The van der Waals surface area contributed by atoms with Gasteiger partial charge in [-0.1, -0.05) is 0 Å². The first kappa shape index (κ1) is 9.19. The van der Waals surface area contributed by atoms with Gasteiger partial charge in [-0.05, 0) is 24.3 Å². The molecular weight excluding hydrogens is 186 g/mol. The van der Waals surface area contributed by atoms with Gasteiger partial charge < -0.3 is 4.52 Å². The van der Waals surface area contributed by atoms with Crippen LogP contribution in [0, 0.1) is 5.82 Å². The predicted molar refractivity (Wildman–Crippen MR) is 39.1 cm³/mol. The highest BCUT2D eigenvalue weighted by atomic mass is 31.2. The van der Waals surface area contributed by atoms with Crippen molar-refractivity contribution in [2.45, 2.75) is 0 Å². The van der Waals surface area contributed by atoms with Gasteiger partial charge in [-0.3, -0.25) is 9.79 Å². The number of phosphoric ester groups is 1. The predicted octanol–water partition coefficient (Wildman–Crippen LogP) is 1.30. The van der Waals surface area contributed by atoms with Crippen LogP contribution in [0.25, 0.3) is 0 Å². The van der Waals surface area contributed by atoms with Crippen molar-refractivity contribution in [2.24, 2.45) is 0 Å². The molecule has 1 aromatic rings. The minimum absolute atomic E-state index is 0.0651. The van der Waals surface area contributed by atoms with Gasteiger partial charge in [-0.25, -0.2) is 8.96 Å². The Morgan fingerprint density at radius 2 is 1.75 bits per heavy atom. The fraction of sp³-hybridized carbons (Fsp3) is 0. The maximum Gasteiger partial charge on any atom is 0.524 e. The zero-order valence-electron chi connectivity index (χ0n) is 5.85. The molecule has 0 fully saturated rings. The van der Waals surface area contributed by atoms with Crippen molar-refractivity contribution in [2.75, 3.05) is 0 Å². The average molecular weight is 192 g/mol. The quantitative estimate of drug-likeness (QED) is 0.693. The summed E-state index contributed by atoms with van der Waals surface area (Å²) in [4.78, 5) is 16.7. The third-order valence-corrected chi connectivity index (χ3v) is 1.49. The lowest BCUT2D eigenvalue weighted by atomic mass is 10.3. The SMILES string of the molecule is O=P(O)(O)Oc1ccc(F)cc1. The molecule has 0 unspecified atom stereocenters. The molecule has 0 amide bonds. The van der Waals surface area contributed by atoms with Crippen LogP contribution in [-0.2, 0) is 4.57 Å². The van der Waals surface area contributed by atoms with Crippen molar-refractivity contribution in [3.63, 3.8) is 0 Å². The monoisotopic (exact) mass is 192 g/mol. The Balaban J connectivity index is 2.78. The summed E-state index contributed by atoms with van der Waals surface area (Å²) in [7, 11) is -4.53. The standard InChI is InChI=1S/C6H6FO4P/c7-5-1-3-6(4-2-5)11-12(8,9)10/h1-4H,(H2,8,9,10).